The van der Waals surface area contributed by atoms with E-state index in [9.17, 15) is 8.42 Å². The molecule has 0 aliphatic rings. The van der Waals surface area contributed by atoms with Gasteiger partial charge in [0.2, 0.25) is 0 Å². The molecule has 0 saturated heterocycles. The van der Waals surface area contributed by atoms with Crippen molar-refractivity contribution in [1.29, 1.82) is 0 Å². The third kappa shape index (κ3) is 5.13. The Morgan fingerprint density at radius 3 is 2.60 bits per heavy atom. The lowest BCUT2D eigenvalue weighted by atomic mass is 10.2. The molecule has 1 rings (SSSR count). The van der Waals surface area contributed by atoms with Crippen LogP contribution in [-0.4, -0.2) is 45.5 Å². The van der Waals surface area contributed by atoms with Crippen molar-refractivity contribution in [2.45, 2.75) is 25.0 Å². The van der Waals surface area contributed by atoms with E-state index in [1.807, 2.05) is 6.07 Å². The molecule has 114 valence electrons. The zero-order valence-electron chi connectivity index (χ0n) is 12.4. The van der Waals surface area contributed by atoms with Crippen molar-refractivity contribution in [3.63, 3.8) is 0 Å². The van der Waals surface area contributed by atoms with Crippen LogP contribution in [0.25, 0.3) is 0 Å². The first-order valence-electron chi connectivity index (χ1n) is 6.43. The van der Waals surface area contributed by atoms with Gasteiger partial charge in [0.25, 0.3) is 0 Å². The van der Waals surface area contributed by atoms with Gasteiger partial charge in [-0.25, -0.2) is 8.42 Å². The fourth-order valence-electron chi connectivity index (χ4n) is 1.41. The van der Waals surface area contributed by atoms with Crippen molar-refractivity contribution >= 4 is 27.1 Å². The van der Waals surface area contributed by atoms with Crippen LogP contribution in [0.2, 0.25) is 0 Å². The van der Waals surface area contributed by atoms with Gasteiger partial charge < -0.3 is 10.6 Å². The molecule has 0 amide bonds. The van der Waals surface area contributed by atoms with E-state index in [-0.39, 0.29) is 0 Å². The Hall–Kier alpha value is -1.08. The Kier molecular flexibility index (Phi) is 6.01. The third-order valence-corrected chi connectivity index (χ3v) is 6.24. The van der Waals surface area contributed by atoms with Gasteiger partial charge in [0, 0.05) is 31.3 Å². The highest BCUT2D eigenvalue weighted by atomic mass is 32.2. The summed E-state index contributed by atoms with van der Waals surface area (Å²) < 4.78 is 22.4. The highest BCUT2D eigenvalue weighted by Crippen LogP contribution is 2.13. The Labute approximate surface area is 125 Å². The lowest BCUT2D eigenvalue weighted by Gasteiger charge is -2.24. The average molecular weight is 317 g/mol. The molecular weight excluding hydrogens is 294 g/mol. The van der Waals surface area contributed by atoms with Crippen LogP contribution < -0.4 is 10.6 Å². The van der Waals surface area contributed by atoms with E-state index in [4.69, 9.17) is 0 Å². The lowest BCUT2D eigenvalue weighted by Crippen LogP contribution is -2.48. The van der Waals surface area contributed by atoms with Crippen LogP contribution in [0.3, 0.4) is 0 Å². The Morgan fingerprint density at radius 1 is 1.40 bits per heavy atom. The highest BCUT2D eigenvalue weighted by molar-refractivity contribution is 7.92. The maximum absolute atomic E-state index is 11.6. The third-order valence-electron chi connectivity index (χ3n) is 3.15. The largest absolute Gasteiger partial charge is 0.356 e. The van der Waals surface area contributed by atoms with Gasteiger partial charge in [-0.05, 0) is 31.7 Å². The fourth-order valence-corrected chi connectivity index (χ4v) is 2.45. The topological polar surface area (TPSA) is 70.6 Å². The molecule has 1 heterocycles. The zero-order valence-corrected chi connectivity index (χ0v) is 14.1. The summed E-state index contributed by atoms with van der Waals surface area (Å²) in [5.41, 5.74) is 0. The Morgan fingerprint density at radius 2 is 2.10 bits per heavy atom. The first-order chi connectivity index (χ1) is 9.26. The summed E-state index contributed by atoms with van der Waals surface area (Å²) in [7, 11) is -1.43. The molecular formula is C13H23N3O2S2. The van der Waals surface area contributed by atoms with Gasteiger partial charge in [-0.15, -0.1) is 11.3 Å². The van der Waals surface area contributed by atoms with Gasteiger partial charge >= 0.3 is 0 Å². The lowest BCUT2D eigenvalue weighted by molar-refractivity contribution is 0.544. The van der Waals surface area contributed by atoms with Crippen molar-refractivity contribution < 1.29 is 8.42 Å². The van der Waals surface area contributed by atoms with Crippen LogP contribution in [0.15, 0.2) is 22.5 Å². The summed E-state index contributed by atoms with van der Waals surface area (Å²) in [6.45, 7) is 4.49. The van der Waals surface area contributed by atoms with Crippen molar-refractivity contribution in [3.8, 4) is 0 Å². The molecule has 5 nitrogen and oxygen atoms in total. The van der Waals surface area contributed by atoms with E-state index in [1.54, 1.807) is 32.2 Å². The average Bonchev–Trinajstić information content (AvgIpc) is 2.85. The number of guanidine groups is 1. The predicted octanol–water partition coefficient (Wildman–Crippen LogP) is 1.28. The minimum Gasteiger partial charge on any atom is -0.356 e. The second-order valence-corrected chi connectivity index (χ2v) is 8.90. The molecule has 20 heavy (non-hydrogen) atoms. The van der Waals surface area contributed by atoms with E-state index in [0.29, 0.717) is 12.5 Å². The minimum absolute atomic E-state index is 0.324. The van der Waals surface area contributed by atoms with Crippen molar-refractivity contribution in [1.82, 2.24) is 10.6 Å². The molecule has 0 bridgehead atoms. The molecule has 0 unspecified atom stereocenters. The Bertz CT molecular complexity index is 534. The summed E-state index contributed by atoms with van der Waals surface area (Å²) >= 11 is 1.72. The van der Waals surface area contributed by atoms with Crippen LogP contribution in [0.5, 0.6) is 0 Å². The molecule has 0 aromatic carbocycles. The number of hydrogen-bond donors (Lipinski definition) is 2. The van der Waals surface area contributed by atoms with E-state index in [2.05, 4.69) is 27.1 Å². The maximum Gasteiger partial charge on any atom is 0.191 e. The van der Waals surface area contributed by atoms with Crippen molar-refractivity contribution in [2.24, 2.45) is 4.99 Å². The summed E-state index contributed by atoms with van der Waals surface area (Å²) in [5, 5.41) is 8.29. The molecule has 0 fully saturated rings. The summed E-state index contributed by atoms with van der Waals surface area (Å²) in [6, 6.07) is 4.12. The summed E-state index contributed by atoms with van der Waals surface area (Å²) in [6.07, 6.45) is 2.18. The standard InChI is InChI=1S/C13H23N3O2S2/c1-13(2,20(4,17)18)10-16-12(14-3)15-8-7-11-6-5-9-19-11/h5-6,9H,7-8,10H2,1-4H3,(H2,14,15,16). The highest BCUT2D eigenvalue weighted by Gasteiger charge is 2.30. The zero-order chi connectivity index (χ0) is 15.2. The second kappa shape index (κ2) is 7.08. The van der Waals surface area contributed by atoms with Crippen LogP contribution in [0, 0.1) is 0 Å². The van der Waals surface area contributed by atoms with Gasteiger partial charge in [0.15, 0.2) is 15.8 Å². The van der Waals surface area contributed by atoms with Gasteiger partial charge in [-0.1, -0.05) is 6.07 Å². The summed E-state index contributed by atoms with van der Waals surface area (Å²) in [5.74, 6) is 0.623. The monoisotopic (exact) mass is 317 g/mol. The number of thiophene rings is 1. The van der Waals surface area contributed by atoms with E-state index in [1.165, 1.54) is 11.1 Å². The molecule has 0 atom stereocenters. The fraction of sp³-hybridized carbons (Fsp3) is 0.615. The SMILES string of the molecule is CN=C(NCCc1cccs1)NCC(C)(C)S(C)(=O)=O. The van der Waals surface area contributed by atoms with Gasteiger partial charge in [-0.2, -0.15) is 0 Å². The molecule has 1 aromatic rings. The molecule has 1 aromatic heterocycles. The first kappa shape index (κ1) is 17.0. The molecule has 7 heteroatoms. The van der Waals surface area contributed by atoms with E-state index in [0.717, 1.165) is 13.0 Å². The normalized spacial score (nSPS) is 13.3. The molecule has 2 N–H and O–H groups in total. The number of nitrogens with zero attached hydrogens (tertiary/aromatic N) is 1. The van der Waals surface area contributed by atoms with E-state index >= 15 is 0 Å². The maximum atomic E-state index is 11.6. The van der Waals surface area contributed by atoms with Gasteiger partial charge in [-0.3, -0.25) is 4.99 Å². The van der Waals surface area contributed by atoms with Crippen molar-refractivity contribution in [3.05, 3.63) is 22.4 Å². The first-order valence-corrected chi connectivity index (χ1v) is 9.20. The van der Waals surface area contributed by atoms with Crippen LogP contribution in [0.4, 0.5) is 0 Å². The smallest absolute Gasteiger partial charge is 0.191 e. The second-order valence-electron chi connectivity index (χ2n) is 5.21. The van der Waals surface area contributed by atoms with Gasteiger partial charge in [0.05, 0.1) is 4.75 Å². The molecule has 0 spiro atoms. The number of rotatable bonds is 6. The molecule has 0 saturated carbocycles. The van der Waals surface area contributed by atoms with Gasteiger partial charge in [0.1, 0.15) is 0 Å². The van der Waals surface area contributed by atoms with Crippen molar-refractivity contribution in [2.75, 3.05) is 26.4 Å². The number of hydrogen-bond acceptors (Lipinski definition) is 4. The van der Waals surface area contributed by atoms with E-state index < -0.39 is 14.6 Å². The number of nitrogens with one attached hydrogen (secondary N) is 2. The predicted molar refractivity (Wildman–Crippen MR) is 86.3 cm³/mol. The number of aliphatic imine (C=N–C) groups is 1. The molecule has 0 radical (unpaired) electrons. The molecule has 0 aliphatic carbocycles. The molecule has 0 aliphatic heterocycles. The minimum atomic E-state index is -3.11. The van der Waals surface area contributed by atoms with Crippen LogP contribution >= 0.6 is 11.3 Å². The van der Waals surface area contributed by atoms with Crippen LogP contribution in [0.1, 0.15) is 18.7 Å². The Balaban J connectivity index is 2.41. The quantitative estimate of drug-likeness (QED) is 0.612. The number of sulfone groups is 1. The van der Waals surface area contributed by atoms with Crippen LogP contribution in [-0.2, 0) is 16.3 Å². The summed E-state index contributed by atoms with van der Waals surface area (Å²) in [4.78, 5) is 5.40.